The van der Waals surface area contributed by atoms with Gasteiger partial charge in [0.1, 0.15) is 23.1 Å². The van der Waals surface area contributed by atoms with Crippen molar-refractivity contribution in [3.63, 3.8) is 0 Å². The number of para-hydroxylation sites is 1. The van der Waals surface area contributed by atoms with Crippen LogP contribution in [0.4, 0.5) is 0 Å². The topological polar surface area (TPSA) is 68.2 Å². The molecule has 6 nitrogen and oxygen atoms in total. The molecule has 3 aromatic rings. The quantitative estimate of drug-likeness (QED) is 0.728. The number of pyridine rings is 1. The summed E-state index contributed by atoms with van der Waals surface area (Å²) in [5.74, 6) is 0.736. The number of nitrogens with zero attached hydrogens (tertiary/aromatic N) is 4. The maximum atomic E-state index is 12.5. The molecule has 1 aliphatic heterocycles. The Morgan fingerprint density at radius 1 is 1.08 bits per heavy atom. The second-order valence-corrected chi connectivity index (χ2v) is 6.48. The number of fused-ring (bicyclic) bond motifs is 1. The average molecular weight is 348 g/mol. The van der Waals surface area contributed by atoms with Crippen molar-refractivity contribution in [1.82, 2.24) is 19.9 Å². The van der Waals surface area contributed by atoms with Gasteiger partial charge >= 0.3 is 0 Å². The fraction of sp³-hybridized carbons (Fsp3) is 0.300. The maximum absolute atomic E-state index is 12.5. The summed E-state index contributed by atoms with van der Waals surface area (Å²) in [6.45, 7) is 3.15. The molecule has 0 radical (unpaired) electrons. The van der Waals surface area contributed by atoms with Crippen molar-refractivity contribution in [1.29, 1.82) is 0 Å². The van der Waals surface area contributed by atoms with E-state index >= 15 is 0 Å². The van der Waals surface area contributed by atoms with Gasteiger partial charge in [-0.25, -0.2) is 4.98 Å². The molecule has 0 N–H and O–H groups in total. The van der Waals surface area contributed by atoms with Crippen LogP contribution < -0.4 is 4.74 Å². The standard InChI is InChI=1S/C20H20N4O2/c1-14-12-23-17(13-22-14)20(25)24-10-7-16(8-11-24)26-18-6-2-4-15-5-3-9-21-19(15)18/h2-6,9,12-13,16H,7-8,10-11H2,1H3. The summed E-state index contributed by atoms with van der Waals surface area (Å²) in [6.07, 6.45) is 6.59. The lowest BCUT2D eigenvalue weighted by atomic mass is 10.1. The van der Waals surface area contributed by atoms with Crippen LogP contribution in [0.25, 0.3) is 10.9 Å². The van der Waals surface area contributed by atoms with E-state index < -0.39 is 0 Å². The molecule has 6 heteroatoms. The van der Waals surface area contributed by atoms with Gasteiger partial charge in [-0.1, -0.05) is 18.2 Å². The number of carbonyl (C=O) groups excluding carboxylic acids is 1. The van der Waals surface area contributed by atoms with Crippen LogP contribution in [0, 0.1) is 6.92 Å². The Morgan fingerprint density at radius 2 is 1.88 bits per heavy atom. The number of aryl methyl sites for hydroxylation is 1. The minimum absolute atomic E-state index is 0.0669. The van der Waals surface area contributed by atoms with E-state index in [-0.39, 0.29) is 12.0 Å². The van der Waals surface area contributed by atoms with E-state index in [1.807, 2.05) is 42.2 Å². The third-order valence-corrected chi connectivity index (χ3v) is 4.62. The molecule has 1 aromatic carbocycles. The number of aromatic nitrogens is 3. The molecule has 0 bridgehead atoms. The van der Waals surface area contributed by atoms with E-state index in [9.17, 15) is 4.79 Å². The number of likely N-dealkylation sites (tertiary alicyclic amines) is 1. The minimum atomic E-state index is -0.0669. The highest BCUT2D eigenvalue weighted by Crippen LogP contribution is 2.26. The number of ether oxygens (including phenoxy) is 1. The van der Waals surface area contributed by atoms with Crippen molar-refractivity contribution in [3.8, 4) is 5.75 Å². The van der Waals surface area contributed by atoms with Crippen molar-refractivity contribution in [2.75, 3.05) is 13.1 Å². The summed E-state index contributed by atoms with van der Waals surface area (Å²) >= 11 is 0. The van der Waals surface area contributed by atoms with Crippen LogP contribution in [0.1, 0.15) is 29.0 Å². The van der Waals surface area contributed by atoms with E-state index in [0.717, 1.165) is 35.2 Å². The lowest BCUT2D eigenvalue weighted by Gasteiger charge is -2.32. The summed E-state index contributed by atoms with van der Waals surface area (Å²) in [5, 5.41) is 1.07. The van der Waals surface area contributed by atoms with Crippen molar-refractivity contribution >= 4 is 16.8 Å². The molecule has 0 aliphatic carbocycles. The molecule has 0 spiro atoms. The molecule has 3 heterocycles. The normalized spacial score (nSPS) is 15.2. The summed E-state index contributed by atoms with van der Waals surface area (Å²) < 4.78 is 6.19. The fourth-order valence-corrected chi connectivity index (χ4v) is 3.19. The largest absolute Gasteiger partial charge is 0.488 e. The molecule has 1 aliphatic rings. The number of benzene rings is 1. The van der Waals surface area contributed by atoms with Gasteiger partial charge in [0.2, 0.25) is 0 Å². The van der Waals surface area contributed by atoms with Crippen LogP contribution in [0.2, 0.25) is 0 Å². The fourth-order valence-electron chi connectivity index (χ4n) is 3.19. The van der Waals surface area contributed by atoms with Gasteiger partial charge in [-0.3, -0.25) is 14.8 Å². The Bertz CT molecular complexity index is 913. The molecule has 132 valence electrons. The summed E-state index contributed by atoms with van der Waals surface area (Å²) in [6, 6.07) is 9.91. The third-order valence-electron chi connectivity index (χ3n) is 4.62. The van der Waals surface area contributed by atoms with Crippen molar-refractivity contribution in [2.45, 2.75) is 25.9 Å². The van der Waals surface area contributed by atoms with Crippen molar-refractivity contribution in [2.24, 2.45) is 0 Å². The second-order valence-electron chi connectivity index (χ2n) is 6.48. The van der Waals surface area contributed by atoms with Gasteiger partial charge in [-0.05, 0) is 19.1 Å². The van der Waals surface area contributed by atoms with Crippen molar-refractivity contribution in [3.05, 3.63) is 60.3 Å². The van der Waals surface area contributed by atoms with Gasteiger partial charge in [-0.2, -0.15) is 0 Å². The molecular formula is C20H20N4O2. The lowest BCUT2D eigenvalue weighted by Crippen LogP contribution is -2.42. The van der Waals surface area contributed by atoms with Gasteiger partial charge in [0.15, 0.2) is 0 Å². The highest BCUT2D eigenvalue weighted by atomic mass is 16.5. The van der Waals surface area contributed by atoms with Crippen LogP contribution >= 0.6 is 0 Å². The Morgan fingerprint density at radius 3 is 2.65 bits per heavy atom. The zero-order chi connectivity index (χ0) is 17.9. The molecule has 1 fully saturated rings. The van der Waals surface area contributed by atoms with E-state index in [2.05, 4.69) is 15.0 Å². The first kappa shape index (κ1) is 16.4. The highest BCUT2D eigenvalue weighted by molar-refractivity contribution is 5.92. The van der Waals surface area contributed by atoms with Crippen molar-refractivity contribution < 1.29 is 9.53 Å². The van der Waals surface area contributed by atoms with Gasteiger partial charge in [0.25, 0.3) is 5.91 Å². The average Bonchev–Trinajstić information content (AvgIpc) is 2.69. The monoisotopic (exact) mass is 348 g/mol. The molecule has 0 saturated carbocycles. The smallest absolute Gasteiger partial charge is 0.274 e. The second kappa shape index (κ2) is 7.07. The van der Waals surface area contributed by atoms with Gasteiger partial charge in [0, 0.05) is 43.7 Å². The van der Waals surface area contributed by atoms with Gasteiger partial charge < -0.3 is 9.64 Å². The molecule has 4 rings (SSSR count). The van der Waals surface area contributed by atoms with E-state index in [1.165, 1.54) is 0 Å². The van der Waals surface area contributed by atoms with E-state index in [1.54, 1.807) is 18.6 Å². The van der Waals surface area contributed by atoms with Crippen LogP contribution in [0.15, 0.2) is 48.9 Å². The maximum Gasteiger partial charge on any atom is 0.274 e. The Balaban J connectivity index is 1.40. The highest BCUT2D eigenvalue weighted by Gasteiger charge is 2.26. The molecule has 1 amide bonds. The third kappa shape index (κ3) is 3.35. The number of hydrogen-bond acceptors (Lipinski definition) is 5. The van der Waals surface area contributed by atoms with E-state index in [0.29, 0.717) is 18.8 Å². The summed E-state index contributed by atoms with van der Waals surface area (Å²) in [7, 11) is 0. The van der Waals surface area contributed by atoms with Gasteiger partial charge in [0.05, 0.1) is 11.9 Å². The number of piperidine rings is 1. The predicted molar refractivity (Wildman–Crippen MR) is 98.1 cm³/mol. The first-order valence-corrected chi connectivity index (χ1v) is 8.79. The first-order chi connectivity index (χ1) is 12.7. The predicted octanol–water partition coefficient (Wildman–Crippen LogP) is 3.02. The Labute approximate surface area is 151 Å². The van der Waals surface area contributed by atoms with Crippen LogP contribution in [0.3, 0.4) is 0 Å². The SMILES string of the molecule is Cc1cnc(C(=O)N2CCC(Oc3cccc4cccnc34)CC2)cn1. The minimum Gasteiger partial charge on any atom is -0.488 e. The first-order valence-electron chi connectivity index (χ1n) is 8.79. The number of rotatable bonds is 3. The summed E-state index contributed by atoms with van der Waals surface area (Å²) in [5.41, 5.74) is 2.08. The van der Waals surface area contributed by atoms with Gasteiger partial charge in [-0.15, -0.1) is 0 Å². The van der Waals surface area contributed by atoms with Crippen LogP contribution in [0.5, 0.6) is 5.75 Å². The molecular weight excluding hydrogens is 328 g/mol. The lowest BCUT2D eigenvalue weighted by molar-refractivity contribution is 0.0592. The zero-order valence-corrected chi connectivity index (χ0v) is 14.6. The van der Waals surface area contributed by atoms with Crippen LogP contribution in [-0.4, -0.2) is 45.0 Å². The molecule has 2 aromatic heterocycles. The number of carbonyl (C=O) groups is 1. The molecule has 0 unspecified atom stereocenters. The Hall–Kier alpha value is -3.02. The summed E-state index contributed by atoms with van der Waals surface area (Å²) in [4.78, 5) is 27.1. The molecule has 26 heavy (non-hydrogen) atoms. The number of amides is 1. The number of hydrogen-bond donors (Lipinski definition) is 0. The molecule has 0 atom stereocenters. The Kier molecular flexibility index (Phi) is 4.48. The zero-order valence-electron chi connectivity index (χ0n) is 14.6. The molecule has 1 saturated heterocycles. The van der Waals surface area contributed by atoms with E-state index in [4.69, 9.17) is 4.74 Å². The van der Waals surface area contributed by atoms with Crippen LogP contribution in [-0.2, 0) is 0 Å².